The minimum Gasteiger partial charge on any atom is -0.489 e. The average molecular weight is 537 g/mol. The van der Waals surface area contributed by atoms with Gasteiger partial charge >= 0.3 is 6.18 Å². The summed E-state index contributed by atoms with van der Waals surface area (Å²) < 4.78 is 62.0. The van der Waals surface area contributed by atoms with Gasteiger partial charge in [0.15, 0.2) is 5.01 Å². The van der Waals surface area contributed by atoms with Crippen molar-refractivity contribution in [2.75, 3.05) is 13.2 Å². The van der Waals surface area contributed by atoms with Gasteiger partial charge in [0.2, 0.25) is 5.91 Å². The molecule has 4 rings (SSSR count). The Hall–Kier alpha value is -3.54. The first-order chi connectivity index (χ1) is 17.3. The zero-order valence-electron chi connectivity index (χ0n) is 20.1. The Bertz CT molecular complexity index is 1340. The van der Waals surface area contributed by atoms with Crippen LogP contribution < -0.4 is 15.8 Å². The lowest BCUT2D eigenvalue weighted by Gasteiger charge is -2.23. The van der Waals surface area contributed by atoms with Crippen LogP contribution in [0.25, 0.3) is 11.3 Å². The van der Waals surface area contributed by atoms with E-state index in [1.165, 1.54) is 19.1 Å². The average Bonchev–Trinajstić information content (AvgIpc) is 3.45. The van der Waals surface area contributed by atoms with Gasteiger partial charge in [0.25, 0.3) is 5.91 Å². The van der Waals surface area contributed by atoms with Gasteiger partial charge in [-0.05, 0) is 43.2 Å². The number of hydrogen-bond donors (Lipinski definition) is 2. The van der Waals surface area contributed by atoms with E-state index in [0.29, 0.717) is 11.3 Å². The topological polar surface area (TPSA) is 107 Å². The molecule has 0 saturated carbocycles. The highest BCUT2D eigenvalue weighted by Gasteiger charge is 2.47. The SMILES string of the molecule is CC(C)c1csc(C(=O)NCC(c2cc3c(c(-c4ccc(F)cc4)n2)OC[C@]3(C)C(N)=O)C(F)(F)F)n1. The molecule has 0 saturated heterocycles. The Kier molecular flexibility index (Phi) is 6.97. The van der Waals surface area contributed by atoms with E-state index in [4.69, 9.17) is 10.5 Å². The summed E-state index contributed by atoms with van der Waals surface area (Å²) in [4.78, 5) is 33.3. The monoisotopic (exact) mass is 536 g/mol. The summed E-state index contributed by atoms with van der Waals surface area (Å²) in [5.74, 6) is -4.12. The molecular formula is C25H24F4N4O3S. The van der Waals surface area contributed by atoms with Crippen molar-refractivity contribution in [3.63, 3.8) is 0 Å². The Labute approximate surface area is 214 Å². The van der Waals surface area contributed by atoms with Crippen LogP contribution in [0.15, 0.2) is 35.7 Å². The molecule has 196 valence electrons. The van der Waals surface area contributed by atoms with Gasteiger partial charge in [-0.2, -0.15) is 13.2 Å². The number of carbonyl (C=O) groups is 2. The second-order valence-electron chi connectivity index (χ2n) is 9.30. The number of amides is 2. The van der Waals surface area contributed by atoms with Gasteiger partial charge in [-0.3, -0.25) is 9.59 Å². The maximum Gasteiger partial charge on any atom is 0.398 e. The van der Waals surface area contributed by atoms with Crippen LogP contribution in [0.1, 0.15) is 59.4 Å². The molecule has 7 nitrogen and oxygen atoms in total. The Morgan fingerprint density at radius 2 is 1.86 bits per heavy atom. The Morgan fingerprint density at radius 3 is 2.43 bits per heavy atom. The van der Waals surface area contributed by atoms with E-state index in [1.54, 1.807) is 5.38 Å². The highest BCUT2D eigenvalue weighted by atomic mass is 32.1. The summed E-state index contributed by atoms with van der Waals surface area (Å²) >= 11 is 1.04. The number of fused-ring (bicyclic) bond motifs is 1. The van der Waals surface area contributed by atoms with Crippen LogP contribution in [0, 0.1) is 5.82 Å². The molecule has 2 atom stereocenters. The molecule has 2 amide bonds. The predicted molar refractivity (Wildman–Crippen MR) is 129 cm³/mol. The quantitative estimate of drug-likeness (QED) is 0.427. The molecule has 1 aliphatic rings. The van der Waals surface area contributed by atoms with Gasteiger partial charge in [-0.1, -0.05) is 13.8 Å². The third-order valence-electron chi connectivity index (χ3n) is 6.28. The molecule has 1 unspecified atom stereocenters. The molecular weight excluding hydrogens is 512 g/mol. The summed E-state index contributed by atoms with van der Waals surface area (Å²) in [5, 5.41) is 4.04. The fraction of sp³-hybridized carbons (Fsp3) is 0.360. The zero-order chi connectivity index (χ0) is 27.1. The van der Waals surface area contributed by atoms with Crippen molar-refractivity contribution in [3.8, 4) is 17.0 Å². The van der Waals surface area contributed by atoms with E-state index in [-0.39, 0.29) is 34.5 Å². The summed E-state index contributed by atoms with van der Waals surface area (Å²) in [6.07, 6.45) is -4.80. The number of thiazole rings is 1. The molecule has 0 spiro atoms. The number of primary amides is 1. The molecule has 37 heavy (non-hydrogen) atoms. The van der Waals surface area contributed by atoms with Crippen LogP contribution in [0.5, 0.6) is 5.75 Å². The molecule has 3 N–H and O–H groups in total. The van der Waals surface area contributed by atoms with E-state index < -0.39 is 47.4 Å². The number of pyridine rings is 1. The first-order valence-electron chi connectivity index (χ1n) is 11.4. The van der Waals surface area contributed by atoms with Crippen LogP contribution in [0.3, 0.4) is 0 Å². The summed E-state index contributed by atoms with van der Waals surface area (Å²) in [6, 6.07) is 6.12. The molecule has 3 heterocycles. The Morgan fingerprint density at radius 1 is 1.19 bits per heavy atom. The fourth-order valence-corrected chi connectivity index (χ4v) is 4.80. The number of ether oxygens (including phenoxy) is 1. The minimum atomic E-state index is -4.80. The molecule has 3 aromatic rings. The highest BCUT2D eigenvalue weighted by Crippen LogP contribution is 2.46. The van der Waals surface area contributed by atoms with E-state index in [1.807, 2.05) is 13.8 Å². The van der Waals surface area contributed by atoms with E-state index in [2.05, 4.69) is 15.3 Å². The molecule has 0 radical (unpaired) electrons. The summed E-state index contributed by atoms with van der Waals surface area (Å²) in [6.45, 7) is 4.24. The third kappa shape index (κ3) is 5.15. The number of carbonyl (C=O) groups excluding carboxylic acids is 2. The van der Waals surface area contributed by atoms with Gasteiger partial charge in [-0.15, -0.1) is 11.3 Å². The second kappa shape index (κ2) is 9.73. The maximum atomic E-state index is 14.3. The van der Waals surface area contributed by atoms with Crippen molar-refractivity contribution in [2.24, 2.45) is 5.73 Å². The fourth-order valence-electron chi connectivity index (χ4n) is 3.90. The van der Waals surface area contributed by atoms with Crippen LogP contribution >= 0.6 is 11.3 Å². The molecule has 1 aromatic carbocycles. The maximum absolute atomic E-state index is 14.3. The van der Waals surface area contributed by atoms with Crippen LogP contribution in [-0.2, 0) is 10.2 Å². The van der Waals surface area contributed by atoms with Crippen molar-refractivity contribution in [2.45, 2.75) is 44.2 Å². The highest BCUT2D eigenvalue weighted by molar-refractivity contribution is 7.11. The lowest BCUT2D eigenvalue weighted by atomic mass is 9.82. The van der Waals surface area contributed by atoms with E-state index in [0.717, 1.165) is 29.5 Å². The summed E-state index contributed by atoms with van der Waals surface area (Å²) in [7, 11) is 0. The number of benzene rings is 1. The number of nitrogens with two attached hydrogens (primary N) is 1. The standard InChI is InChI=1S/C25H24F4N4O3S/c1-12(2)18-10-37-22(33-18)21(34)31-9-16(25(27,28)29)17-8-15-20(36-11-24(15,3)23(30)35)19(32-17)13-4-6-14(26)7-5-13/h4-8,10,12,16H,9,11H2,1-3H3,(H2,30,35)(H,31,34)/t16?,24-/m0/s1. The zero-order valence-corrected chi connectivity index (χ0v) is 21.0. The largest absolute Gasteiger partial charge is 0.489 e. The molecule has 2 aromatic heterocycles. The number of hydrogen-bond acceptors (Lipinski definition) is 6. The number of nitrogens with one attached hydrogen (secondary N) is 1. The summed E-state index contributed by atoms with van der Waals surface area (Å²) in [5.41, 5.74) is 4.85. The van der Waals surface area contributed by atoms with E-state index >= 15 is 0 Å². The second-order valence-corrected chi connectivity index (χ2v) is 10.2. The van der Waals surface area contributed by atoms with Gasteiger partial charge in [0.05, 0.1) is 11.4 Å². The first-order valence-corrected chi connectivity index (χ1v) is 12.2. The minimum absolute atomic E-state index is 0.0135. The molecule has 0 fully saturated rings. The molecule has 1 aliphatic heterocycles. The number of rotatable bonds is 7. The van der Waals surface area contributed by atoms with Crippen LogP contribution in [0.4, 0.5) is 17.6 Å². The molecule has 0 aliphatic carbocycles. The lowest BCUT2D eigenvalue weighted by Crippen LogP contribution is -2.40. The van der Waals surface area contributed by atoms with Crippen molar-refractivity contribution < 1.29 is 31.9 Å². The number of alkyl halides is 3. The van der Waals surface area contributed by atoms with Gasteiger partial charge < -0.3 is 15.8 Å². The van der Waals surface area contributed by atoms with Crippen molar-refractivity contribution in [3.05, 3.63) is 63.5 Å². The lowest BCUT2D eigenvalue weighted by molar-refractivity contribution is -0.149. The van der Waals surface area contributed by atoms with Gasteiger partial charge in [0, 0.05) is 23.1 Å². The van der Waals surface area contributed by atoms with Crippen molar-refractivity contribution >= 4 is 23.2 Å². The number of halogens is 4. The molecule has 0 bridgehead atoms. The first kappa shape index (κ1) is 26.5. The van der Waals surface area contributed by atoms with Crippen molar-refractivity contribution in [1.82, 2.24) is 15.3 Å². The van der Waals surface area contributed by atoms with Crippen LogP contribution in [0.2, 0.25) is 0 Å². The number of nitrogens with zero attached hydrogens (tertiary/aromatic N) is 2. The van der Waals surface area contributed by atoms with Gasteiger partial charge in [0.1, 0.15) is 35.2 Å². The normalized spacial score (nSPS) is 17.8. The predicted octanol–water partition coefficient (Wildman–Crippen LogP) is 4.68. The number of aromatic nitrogens is 2. The van der Waals surface area contributed by atoms with Crippen LogP contribution in [-0.4, -0.2) is 41.1 Å². The van der Waals surface area contributed by atoms with Crippen molar-refractivity contribution in [1.29, 1.82) is 0 Å². The smallest absolute Gasteiger partial charge is 0.398 e. The third-order valence-corrected chi connectivity index (χ3v) is 7.14. The van der Waals surface area contributed by atoms with E-state index in [9.17, 15) is 27.2 Å². The van der Waals surface area contributed by atoms with Gasteiger partial charge in [-0.25, -0.2) is 14.4 Å². The Balaban J connectivity index is 1.75. The molecule has 12 heteroatoms.